The van der Waals surface area contributed by atoms with Crippen LogP contribution in [0.25, 0.3) is 16.6 Å². The van der Waals surface area contributed by atoms with E-state index < -0.39 is 16.8 Å². The third-order valence-electron chi connectivity index (χ3n) is 6.09. The molecule has 6 heteroatoms. The Morgan fingerprint density at radius 1 is 1.29 bits per heavy atom. The molecule has 2 atom stereocenters. The van der Waals surface area contributed by atoms with Gasteiger partial charge in [0.05, 0.1) is 5.52 Å². The lowest BCUT2D eigenvalue weighted by Gasteiger charge is -2.41. The Bertz CT molecular complexity index is 962. The molecule has 2 aromatic heterocycles. The number of nitrogens with zero attached hydrogens (tertiary/aromatic N) is 4. The van der Waals surface area contributed by atoms with Crippen molar-refractivity contribution in [3.8, 4) is 0 Å². The molecule has 1 saturated carbocycles. The van der Waals surface area contributed by atoms with Gasteiger partial charge in [0.1, 0.15) is 6.33 Å². The van der Waals surface area contributed by atoms with Crippen LogP contribution in [0.4, 0.5) is 0 Å². The molecular formula is C18H19N4O2-. The molecule has 1 aromatic carbocycles. The van der Waals surface area contributed by atoms with Crippen molar-refractivity contribution in [2.24, 2.45) is 10.8 Å². The number of hydrogen-bond donors (Lipinski definition) is 0. The maximum Gasteiger partial charge on any atom is 0.166 e. The lowest BCUT2D eigenvalue weighted by molar-refractivity contribution is -0.322. The highest BCUT2D eigenvalue weighted by Crippen LogP contribution is 2.59. The normalized spacial score (nSPS) is 26.2. The summed E-state index contributed by atoms with van der Waals surface area (Å²) >= 11 is 0. The molecule has 0 N–H and O–H groups in total. The number of rotatable bonds is 2. The Balaban J connectivity index is 1.86. The second-order valence-corrected chi connectivity index (χ2v) is 7.43. The zero-order valence-electron chi connectivity index (χ0n) is 14.0. The number of aliphatic carboxylic acids is 1. The number of aromatic nitrogens is 4. The van der Waals surface area contributed by atoms with Gasteiger partial charge in [0.15, 0.2) is 11.5 Å². The lowest BCUT2D eigenvalue weighted by Crippen LogP contribution is -2.47. The summed E-state index contributed by atoms with van der Waals surface area (Å²) in [5, 5.41) is 17.2. The van der Waals surface area contributed by atoms with Crippen LogP contribution in [0.3, 0.4) is 0 Å². The largest absolute Gasteiger partial charge is 0.550 e. The number of carboxylic acids is 1. The van der Waals surface area contributed by atoms with E-state index in [-0.39, 0.29) is 5.92 Å². The molecule has 3 aromatic rings. The van der Waals surface area contributed by atoms with Gasteiger partial charge in [-0.1, -0.05) is 32.9 Å². The van der Waals surface area contributed by atoms with Crippen molar-refractivity contribution in [3.63, 3.8) is 0 Å². The summed E-state index contributed by atoms with van der Waals surface area (Å²) in [6.45, 7) is 5.72. The first-order valence-corrected chi connectivity index (χ1v) is 8.16. The molecule has 124 valence electrons. The predicted octanol–water partition coefficient (Wildman–Crippen LogP) is 1.94. The molecule has 0 spiro atoms. The Labute approximate surface area is 139 Å². The second-order valence-electron chi connectivity index (χ2n) is 7.43. The molecule has 1 fully saturated rings. The van der Waals surface area contributed by atoms with Gasteiger partial charge in [0.2, 0.25) is 0 Å². The molecule has 0 aliphatic heterocycles. The minimum atomic E-state index is -0.995. The smallest absolute Gasteiger partial charge is 0.166 e. The van der Waals surface area contributed by atoms with Crippen LogP contribution < -0.4 is 5.11 Å². The third kappa shape index (κ3) is 1.82. The van der Waals surface area contributed by atoms with E-state index in [0.29, 0.717) is 12.2 Å². The van der Waals surface area contributed by atoms with Crippen molar-refractivity contribution < 1.29 is 9.90 Å². The van der Waals surface area contributed by atoms with Crippen LogP contribution in [0, 0.1) is 10.8 Å². The van der Waals surface area contributed by atoms with Crippen LogP contribution in [-0.2, 0) is 4.79 Å². The van der Waals surface area contributed by atoms with Crippen LogP contribution in [0.1, 0.15) is 45.4 Å². The lowest BCUT2D eigenvalue weighted by atomic mass is 9.65. The fourth-order valence-corrected chi connectivity index (χ4v) is 3.96. The van der Waals surface area contributed by atoms with E-state index >= 15 is 0 Å². The number of para-hydroxylation sites is 1. The molecule has 0 saturated heterocycles. The number of benzene rings is 1. The first kappa shape index (κ1) is 15.1. The molecule has 0 radical (unpaired) electrons. The quantitative estimate of drug-likeness (QED) is 0.719. The molecule has 6 nitrogen and oxygen atoms in total. The number of carbonyl (C=O) groups is 1. The third-order valence-corrected chi connectivity index (χ3v) is 6.09. The molecule has 1 aliphatic rings. The van der Waals surface area contributed by atoms with Crippen LogP contribution in [0.2, 0.25) is 0 Å². The highest BCUT2D eigenvalue weighted by molar-refractivity contribution is 5.90. The Morgan fingerprint density at radius 3 is 2.75 bits per heavy atom. The van der Waals surface area contributed by atoms with Crippen molar-refractivity contribution in [1.82, 2.24) is 19.6 Å². The summed E-state index contributed by atoms with van der Waals surface area (Å²) in [6.07, 6.45) is 2.97. The first-order chi connectivity index (χ1) is 11.3. The highest BCUT2D eigenvalue weighted by Gasteiger charge is 2.54. The number of carbonyl (C=O) groups excluding carboxylic acids is 1. The van der Waals surface area contributed by atoms with Crippen LogP contribution in [0.5, 0.6) is 0 Å². The molecule has 1 aliphatic carbocycles. The van der Waals surface area contributed by atoms with E-state index in [1.807, 2.05) is 38.1 Å². The fourth-order valence-electron chi connectivity index (χ4n) is 3.96. The summed E-state index contributed by atoms with van der Waals surface area (Å²) in [5.41, 5.74) is 0.262. The van der Waals surface area contributed by atoms with Crippen molar-refractivity contribution in [3.05, 3.63) is 36.4 Å². The van der Waals surface area contributed by atoms with E-state index in [1.165, 1.54) is 0 Å². The summed E-state index contributed by atoms with van der Waals surface area (Å²) in [7, 11) is 0. The van der Waals surface area contributed by atoms with Gasteiger partial charge in [0, 0.05) is 22.7 Å². The van der Waals surface area contributed by atoms with Gasteiger partial charge in [-0.25, -0.2) is 14.5 Å². The molecule has 0 unspecified atom stereocenters. The molecule has 24 heavy (non-hydrogen) atoms. The Hall–Kier alpha value is -2.50. The topological polar surface area (TPSA) is 83.2 Å². The fraction of sp³-hybridized carbons (Fsp3) is 0.444. The van der Waals surface area contributed by atoms with E-state index in [2.05, 4.69) is 10.1 Å². The van der Waals surface area contributed by atoms with Crippen LogP contribution >= 0.6 is 0 Å². The number of hydrogen-bond acceptors (Lipinski definition) is 5. The molecular weight excluding hydrogens is 304 g/mol. The number of fused-ring (bicyclic) bond motifs is 3. The summed E-state index contributed by atoms with van der Waals surface area (Å²) in [5.74, 6) is -0.340. The standard InChI is InChI=1S/C18H20N4O2/c1-17(2)12(8-9-18(17,3)16(23)24)14-20-15-11-6-4-5-7-13(11)19-10-22(15)21-14/h4-7,10,12H,8-9H2,1-3H3,(H,23,24)/p-1/t12-,18-/m0/s1. The van der Waals surface area contributed by atoms with Crippen molar-refractivity contribution in [2.45, 2.75) is 39.5 Å². The average molecular weight is 323 g/mol. The maximum atomic E-state index is 11.7. The first-order valence-electron chi connectivity index (χ1n) is 8.16. The monoisotopic (exact) mass is 323 g/mol. The van der Waals surface area contributed by atoms with Gasteiger partial charge in [-0.15, -0.1) is 5.10 Å². The number of carboxylic acid groups (broad SMARTS) is 1. The van der Waals surface area contributed by atoms with Gasteiger partial charge in [-0.2, -0.15) is 0 Å². The average Bonchev–Trinajstić information content (AvgIpc) is 3.07. The maximum absolute atomic E-state index is 11.7. The van der Waals surface area contributed by atoms with E-state index in [0.717, 1.165) is 23.0 Å². The van der Waals surface area contributed by atoms with E-state index in [9.17, 15) is 9.90 Å². The molecule has 4 rings (SSSR count). The SMILES string of the molecule is CC1(C)[C@H](c2nc3c4ccccc4ncn3n2)CC[C@@]1(C)C(=O)[O-]. The van der Waals surface area contributed by atoms with Gasteiger partial charge in [-0.3, -0.25) is 0 Å². The Kier molecular flexibility index (Phi) is 2.98. The minimum Gasteiger partial charge on any atom is -0.550 e. The van der Waals surface area contributed by atoms with Gasteiger partial charge in [-0.05, 0) is 30.4 Å². The molecule has 0 amide bonds. The summed E-state index contributed by atoms with van der Waals surface area (Å²) < 4.78 is 1.68. The van der Waals surface area contributed by atoms with E-state index in [1.54, 1.807) is 17.8 Å². The van der Waals surface area contributed by atoms with Crippen molar-refractivity contribution in [1.29, 1.82) is 0 Å². The van der Waals surface area contributed by atoms with Gasteiger partial charge in [0.25, 0.3) is 0 Å². The van der Waals surface area contributed by atoms with Crippen LogP contribution in [0.15, 0.2) is 30.6 Å². The zero-order valence-corrected chi connectivity index (χ0v) is 14.0. The van der Waals surface area contributed by atoms with E-state index in [4.69, 9.17) is 4.98 Å². The van der Waals surface area contributed by atoms with Gasteiger partial charge >= 0.3 is 0 Å². The second kappa shape index (κ2) is 4.75. The predicted molar refractivity (Wildman–Crippen MR) is 87.2 cm³/mol. The molecule has 0 bridgehead atoms. The van der Waals surface area contributed by atoms with Crippen LogP contribution in [-0.4, -0.2) is 25.6 Å². The molecule has 2 heterocycles. The summed E-state index contributed by atoms with van der Waals surface area (Å²) in [6, 6.07) is 7.80. The highest BCUT2D eigenvalue weighted by atomic mass is 16.4. The van der Waals surface area contributed by atoms with Crippen molar-refractivity contribution >= 4 is 22.5 Å². The minimum absolute atomic E-state index is 0.0286. The summed E-state index contributed by atoms with van der Waals surface area (Å²) in [4.78, 5) is 20.8. The zero-order chi connectivity index (χ0) is 17.1. The van der Waals surface area contributed by atoms with Crippen molar-refractivity contribution in [2.75, 3.05) is 0 Å². The van der Waals surface area contributed by atoms with Gasteiger partial charge < -0.3 is 9.90 Å². The Morgan fingerprint density at radius 2 is 2.04 bits per heavy atom.